The molecule has 0 aliphatic carbocycles. The first-order valence-corrected chi connectivity index (χ1v) is 11.1. The third-order valence-electron chi connectivity index (χ3n) is 5.25. The second-order valence-electron chi connectivity index (χ2n) is 9.12. The predicted octanol–water partition coefficient (Wildman–Crippen LogP) is 4.19. The summed E-state index contributed by atoms with van der Waals surface area (Å²) in [6, 6.07) is 7.97. The second-order valence-corrected chi connectivity index (χ2v) is 9.12. The van der Waals surface area contributed by atoms with Crippen molar-refractivity contribution in [2.24, 2.45) is 0 Å². The number of nitrogens with zero attached hydrogens (tertiary/aromatic N) is 1. The van der Waals surface area contributed by atoms with E-state index in [0.29, 0.717) is 19.3 Å². The molecule has 1 unspecified atom stereocenters. The van der Waals surface area contributed by atoms with Crippen molar-refractivity contribution in [3.05, 3.63) is 35.9 Å². The third kappa shape index (κ3) is 7.56. The summed E-state index contributed by atoms with van der Waals surface area (Å²) in [5.41, 5.74) is 0.236. The molecule has 1 aliphatic rings. The zero-order valence-corrected chi connectivity index (χ0v) is 19.3. The van der Waals surface area contributed by atoms with Gasteiger partial charge in [-0.1, -0.05) is 50.1 Å². The lowest BCUT2D eigenvalue weighted by Crippen LogP contribution is -2.54. The molecular weight excluding hydrogens is 396 g/mol. The minimum atomic E-state index is -0.736. The Morgan fingerprint density at radius 1 is 1.16 bits per heavy atom. The first-order chi connectivity index (χ1) is 14.6. The van der Waals surface area contributed by atoms with Crippen LogP contribution in [-0.4, -0.2) is 46.6 Å². The fraction of sp³-hybridized carbons (Fsp3) is 0.625. The Kier molecular flexibility index (Phi) is 8.89. The van der Waals surface area contributed by atoms with Crippen LogP contribution in [0.5, 0.6) is 0 Å². The van der Waals surface area contributed by atoms with E-state index in [4.69, 9.17) is 9.47 Å². The van der Waals surface area contributed by atoms with E-state index < -0.39 is 29.7 Å². The van der Waals surface area contributed by atoms with Crippen molar-refractivity contribution in [3.63, 3.8) is 0 Å². The summed E-state index contributed by atoms with van der Waals surface area (Å²) in [7, 11) is 0. The number of carbonyl (C=O) groups excluding carboxylic acids is 3. The molecule has 1 aliphatic heterocycles. The van der Waals surface area contributed by atoms with Gasteiger partial charge in [0.15, 0.2) is 0 Å². The summed E-state index contributed by atoms with van der Waals surface area (Å²) < 4.78 is 10.8. The molecule has 172 valence electrons. The molecule has 1 aromatic rings. The second kappa shape index (κ2) is 11.2. The van der Waals surface area contributed by atoms with Crippen LogP contribution in [0.1, 0.15) is 72.3 Å². The number of carbonyl (C=O) groups is 3. The van der Waals surface area contributed by atoms with E-state index in [1.807, 2.05) is 44.2 Å². The Bertz CT molecular complexity index is 744. The van der Waals surface area contributed by atoms with E-state index in [9.17, 15) is 14.4 Å². The normalized spacial score (nSPS) is 19.6. The highest BCUT2D eigenvalue weighted by molar-refractivity contribution is 5.90. The van der Waals surface area contributed by atoms with Crippen molar-refractivity contribution in [2.45, 2.75) is 97.1 Å². The molecule has 0 spiro atoms. The van der Waals surface area contributed by atoms with Gasteiger partial charge in [0.05, 0.1) is 0 Å². The van der Waals surface area contributed by atoms with Gasteiger partial charge < -0.3 is 19.7 Å². The molecule has 1 fully saturated rings. The van der Waals surface area contributed by atoms with Crippen molar-refractivity contribution in [1.82, 2.24) is 10.2 Å². The number of alkyl carbamates (subject to hydrolysis) is 1. The lowest BCUT2D eigenvalue weighted by atomic mass is 10.1. The molecule has 1 heterocycles. The maximum atomic E-state index is 13.4. The van der Waals surface area contributed by atoms with Crippen LogP contribution >= 0.6 is 0 Å². The number of benzene rings is 1. The van der Waals surface area contributed by atoms with Gasteiger partial charge in [0.2, 0.25) is 5.91 Å². The number of ether oxygens (including phenoxy) is 2. The Labute approximate surface area is 185 Å². The summed E-state index contributed by atoms with van der Waals surface area (Å²) >= 11 is 0. The number of amides is 2. The Balaban J connectivity index is 2.08. The standard InChI is InChI=1S/C24H36N2O5/c1-6-7-13-19(25-23(29)31-24(3,4)5)21(27)26-17(2)14-15-20(26)22(28)30-16-18-11-9-8-10-12-18/h8-12,17,19-20H,6-7,13-16H2,1-5H3,(H,25,29)/t17?,19-,20-/m0/s1. The van der Waals surface area contributed by atoms with Gasteiger partial charge in [0.25, 0.3) is 0 Å². The molecule has 0 aromatic heterocycles. The summed E-state index contributed by atoms with van der Waals surface area (Å²) in [6.07, 6.45) is 2.79. The van der Waals surface area contributed by atoms with E-state index in [-0.39, 0.29) is 18.6 Å². The molecule has 2 amide bonds. The highest BCUT2D eigenvalue weighted by atomic mass is 16.6. The fourth-order valence-electron chi connectivity index (χ4n) is 3.71. The molecule has 1 saturated heterocycles. The Morgan fingerprint density at radius 2 is 1.84 bits per heavy atom. The van der Waals surface area contributed by atoms with Gasteiger partial charge in [0, 0.05) is 6.04 Å². The number of likely N-dealkylation sites (tertiary alicyclic amines) is 1. The van der Waals surface area contributed by atoms with Gasteiger partial charge in [-0.2, -0.15) is 0 Å². The molecule has 1 aromatic carbocycles. The van der Waals surface area contributed by atoms with Gasteiger partial charge in [-0.15, -0.1) is 0 Å². The average molecular weight is 433 g/mol. The maximum Gasteiger partial charge on any atom is 0.408 e. The highest BCUT2D eigenvalue weighted by Gasteiger charge is 2.42. The summed E-state index contributed by atoms with van der Waals surface area (Å²) in [5, 5.41) is 2.72. The summed E-state index contributed by atoms with van der Waals surface area (Å²) in [6.45, 7) is 9.44. The smallest absolute Gasteiger partial charge is 0.408 e. The number of esters is 1. The van der Waals surface area contributed by atoms with Crippen LogP contribution in [0.15, 0.2) is 30.3 Å². The van der Waals surface area contributed by atoms with E-state index >= 15 is 0 Å². The monoisotopic (exact) mass is 432 g/mol. The number of rotatable bonds is 8. The van der Waals surface area contributed by atoms with Gasteiger partial charge in [-0.05, 0) is 52.5 Å². The Hall–Kier alpha value is -2.57. The van der Waals surface area contributed by atoms with E-state index in [2.05, 4.69) is 5.32 Å². The van der Waals surface area contributed by atoms with Gasteiger partial charge in [-0.3, -0.25) is 4.79 Å². The molecule has 2 rings (SSSR count). The highest BCUT2D eigenvalue weighted by Crippen LogP contribution is 2.27. The molecule has 3 atom stereocenters. The maximum absolute atomic E-state index is 13.4. The lowest BCUT2D eigenvalue weighted by Gasteiger charge is -2.32. The largest absolute Gasteiger partial charge is 0.459 e. The fourth-order valence-corrected chi connectivity index (χ4v) is 3.71. The Morgan fingerprint density at radius 3 is 2.45 bits per heavy atom. The minimum Gasteiger partial charge on any atom is -0.459 e. The topological polar surface area (TPSA) is 84.9 Å². The average Bonchev–Trinajstić information content (AvgIpc) is 3.09. The van der Waals surface area contributed by atoms with Crippen molar-refractivity contribution in [1.29, 1.82) is 0 Å². The first-order valence-electron chi connectivity index (χ1n) is 11.1. The van der Waals surface area contributed by atoms with Gasteiger partial charge in [0.1, 0.15) is 24.3 Å². The van der Waals surface area contributed by atoms with Crippen LogP contribution in [-0.2, 0) is 25.7 Å². The molecule has 7 nitrogen and oxygen atoms in total. The first kappa shape index (κ1) is 24.7. The molecule has 1 N–H and O–H groups in total. The zero-order chi connectivity index (χ0) is 23.0. The van der Waals surface area contributed by atoms with Crippen molar-refractivity contribution in [3.8, 4) is 0 Å². The number of hydrogen-bond acceptors (Lipinski definition) is 5. The van der Waals surface area contributed by atoms with Crippen LogP contribution in [0.2, 0.25) is 0 Å². The van der Waals surface area contributed by atoms with Crippen molar-refractivity contribution >= 4 is 18.0 Å². The minimum absolute atomic E-state index is 0.105. The zero-order valence-electron chi connectivity index (χ0n) is 19.3. The summed E-state index contributed by atoms with van der Waals surface area (Å²) in [5.74, 6) is -0.668. The van der Waals surface area contributed by atoms with Crippen LogP contribution in [0, 0.1) is 0 Å². The molecular formula is C24H36N2O5. The van der Waals surface area contributed by atoms with E-state index in [1.54, 1.807) is 25.7 Å². The van der Waals surface area contributed by atoms with Crippen molar-refractivity contribution in [2.75, 3.05) is 0 Å². The van der Waals surface area contributed by atoms with Crippen molar-refractivity contribution < 1.29 is 23.9 Å². The van der Waals surface area contributed by atoms with Gasteiger partial charge >= 0.3 is 12.1 Å². The molecule has 7 heteroatoms. The van der Waals surface area contributed by atoms with Crippen LogP contribution in [0.3, 0.4) is 0 Å². The lowest BCUT2D eigenvalue weighted by molar-refractivity contribution is -0.156. The number of unbranched alkanes of at least 4 members (excludes halogenated alkanes) is 1. The van der Waals surface area contributed by atoms with E-state index in [1.165, 1.54) is 0 Å². The number of hydrogen-bond donors (Lipinski definition) is 1. The van der Waals surface area contributed by atoms with Crippen LogP contribution in [0.4, 0.5) is 4.79 Å². The van der Waals surface area contributed by atoms with Gasteiger partial charge in [-0.25, -0.2) is 9.59 Å². The molecule has 31 heavy (non-hydrogen) atoms. The van der Waals surface area contributed by atoms with Crippen LogP contribution < -0.4 is 5.32 Å². The molecule has 0 bridgehead atoms. The number of nitrogens with one attached hydrogen (secondary N) is 1. The predicted molar refractivity (Wildman–Crippen MR) is 118 cm³/mol. The molecule has 0 radical (unpaired) electrons. The molecule has 0 saturated carbocycles. The third-order valence-corrected chi connectivity index (χ3v) is 5.25. The summed E-state index contributed by atoms with van der Waals surface area (Å²) in [4.78, 5) is 40.1. The quantitative estimate of drug-likeness (QED) is 0.623. The SMILES string of the molecule is CCCC[C@H](NC(=O)OC(C)(C)C)C(=O)N1C(C)CC[C@H]1C(=O)OCc1ccccc1. The van der Waals surface area contributed by atoms with E-state index in [0.717, 1.165) is 18.4 Å². The van der Waals surface area contributed by atoms with Crippen LogP contribution in [0.25, 0.3) is 0 Å².